The molecule has 0 aliphatic rings. The monoisotopic (exact) mass is 432 g/mol. The zero-order chi connectivity index (χ0) is 23.4. The number of carbonyl (C=O) groups excluding carboxylic acids is 1. The number of nitrogens with one attached hydrogen (secondary N) is 1. The Labute approximate surface area is 186 Å². The van der Waals surface area contributed by atoms with Crippen LogP contribution in [0, 0.1) is 32.0 Å². The molecule has 0 atom stereocenters. The van der Waals surface area contributed by atoms with Gasteiger partial charge in [-0.25, -0.2) is 4.39 Å². The van der Waals surface area contributed by atoms with Crippen molar-refractivity contribution in [3.63, 3.8) is 0 Å². The second-order valence-corrected chi connectivity index (χ2v) is 7.61. The number of hydrogen-bond acceptors (Lipinski definition) is 3. The number of benzene rings is 2. The molecule has 1 N–H and O–H groups in total. The van der Waals surface area contributed by atoms with Crippen LogP contribution < -0.4 is 15.6 Å². The standard InChI is InChI=1S/C26H25FN2O3/c1-6-18-13-20(15-29(5)26(18)31)24-19(14-28-23(30)7-2)9-8-10-22(24)32-25-16(3)11-21(27)12-17(25)4/h2,8-13,15H,6,14H2,1,3-5H3,(H,28,30). The summed E-state index contributed by atoms with van der Waals surface area (Å²) >= 11 is 0. The fraction of sp³-hybridized carbons (Fsp3) is 0.231. The van der Waals surface area contributed by atoms with E-state index in [0.717, 1.165) is 16.7 Å². The van der Waals surface area contributed by atoms with E-state index in [9.17, 15) is 14.0 Å². The molecule has 0 unspecified atom stereocenters. The predicted octanol–water partition coefficient (Wildman–Crippen LogP) is 4.41. The molecule has 0 saturated carbocycles. The van der Waals surface area contributed by atoms with Gasteiger partial charge in [-0.15, -0.1) is 6.42 Å². The van der Waals surface area contributed by atoms with E-state index < -0.39 is 5.91 Å². The van der Waals surface area contributed by atoms with Gasteiger partial charge in [-0.1, -0.05) is 19.1 Å². The minimum absolute atomic E-state index is 0.0675. The van der Waals surface area contributed by atoms with Gasteiger partial charge in [-0.05, 0) is 67.1 Å². The van der Waals surface area contributed by atoms with E-state index in [4.69, 9.17) is 11.2 Å². The third-order valence-electron chi connectivity index (χ3n) is 5.25. The number of rotatable bonds is 6. The summed E-state index contributed by atoms with van der Waals surface area (Å²) in [7, 11) is 1.70. The van der Waals surface area contributed by atoms with Gasteiger partial charge in [-0.2, -0.15) is 0 Å². The Morgan fingerprint density at radius 2 is 1.88 bits per heavy atom. The molecule has 6 heteroatoms. The van der Waals surface area contributed by atoms with Gasteiger partial charge in [0.05, 0.1) is 0 Å². The zero-order valence-corrected chi connectivity index (χ0v) is 18.6. The zero-order valence-electron chi connectivity index (χ0n) is 18.6. The maximum Gasteiger partial charge on any atom is 0.295 e. The maximum atomic E-state index is 13.8. The minimum atomic E-state index is -0.526. The number of pyridine rings is 1. The number of aryl methyl sites for hydroxylation is 4. The molecule has 0 aliphatic carbocycles. The predicted molar refractivity (Wildman–Crippen MR) is 123 cm³/mol. The second kappa shape index (κ2) is 9.52. The fourth-order valence-electron chi connectivity index (χ4n) is 3.70. The molecule has 0 spiro atoms. The van der Waals surface area contributed by atoms with Crippen LogP contribution in [-0.4, -0.2) is 10.5 Å². The lowest BCUT2D eigenvalue weighted by molar-refractivity contribution is -0.115. The molecule has 0 bridgehead atoms. The molecular weight excluding hydrogens is 407 g/mol. The van der Waals surface area contributed by atoms with E-state index in [1.54, 1.807) is 33.2 Å². The summed E-state index contributed by atoms with van der Waals surface area (Å²) in [4.78, 5) is 24.1. The highest BCUT2D eigenvalue weighted by Crippen LogP contribution is 2.38. The quantitative estimate of drug-likeness (QED) is 0.587. The third kappa shape index (κ3) is 4.73. The van der Waals surface area contributed by atoms with Crippen LogP contribution in [0.3, 0.4) is 0 Å². The summed E-state index contributed by atoms with van der Waals surface area (Å²) in [5.41, 5.74) is 4.17. The Bertz CT molecular complexity index is 1260. The van der Waals surface area contributed by atoms with Gasteiger partial charge in [0.2, 0.25) is 0 Å². The van der Waals surface area contributed by atoms with E-state index in [1.807, 2.05) is 31.0 Å². The number of aromatic nitrogens is 1. The highest BCUT2D eigenvalue weighted by molar-refractivity contribution is 5.92. The number of nitrogens with zero attached hydrogens (tertiary/aromatic N) is 1. The first-order chi connectivity index (χ1) is 15.2. The smallest absolute Gasteiger partial charge is 0.295 e. The molecule has 3 aromatic rings. The van der Waals surface area contributed by atoms with E-state index in [-0.39, 0.29) is 17.9 Å². The van der Waals surface area contributed by atoms with Crippen LogP contribution in [0.25, 0.3) is 11.1 Å². The lowest BCUT2D eigenvalue weighted by Crippen LogP contribution is -2.22. The number of terminal acetylenes is 1. The molecular formula is C26H25FN2O3. The van der Waals surface area contributed by atoms with E-state index in [2.05, 4.69) is 5.32 Å². The molecule has 1 amide bonds. The average Bonchev–Trinajstić information content (AvgIpc) is 2.76. The van der Waals surface area contributed by atoms with Gasteiger partial charge in [0.1, 0.15) is 17.3 Å². The van der Waals surface area contributed by atoms with Crippen molar-refractivity contribution in [3.05, 3.63) is 81.0 Å². The summed E-state index contributed by atoms with van der Waals surface area (Å²) < 4.78 is 21.6. The molecule has 1 aromatic heterocycles. The van der Waals surface area contributed by atoms with Crippen molar-refractivity contribution in [1.29, 1.82) is 0 Å². The van der Waals surface area contributed by atoms with Crippen LogP contribution in [0.2, 0.25) is 0 Å². The normalized spacial score (nSPS) is 10.5. The summed E-state index contributed by atoms with van der Waals surface area (Å²) in [6.45, 7) is 5.66. The Kier molecular flexibility index (Phi) is 6.79. The topological polar surface area (TPSA) is 60.3 Å². The van der Waals surface area contributed by atoms with Crippen LogP contribution in [0.15, 0.2) is 47.4 Å². The molecule has 2 aromatic carbocycles. The maximum absolute atomic E-state index is 13.8. The van der Waals surface area contributed by atoms with Gasteiger partial charge in [0.25, 0.3) is 11.5 Å². The van der Waals surface area contributed by atoms with Gasteiger partial charge in [-0.3, -0.25) is 9.59 Å². The van der Waals surface area contributed by atoms with E-state index in [1.165, 1.54) is 16.7 Å². The number of carbonyl (C=O) groups is 1. The first-order valence-electron chi connectivity index (χ1n) is 10.3. The molecule has 0 aliphatic heterocycles. The fourth-order valence-corrected chi connectivity index (χ4v) is 3.70. The Hall–Kier alpha value is -3.85. The molecule has 32 heavy (non-hydrogen) atoms. The molecule has 0 fully saturated rings. The van der Waals surface area contributed by atoms with Gasteiger partial charge in [0, 0.05) is 36.5 Å². The van der Waals surface area contributed by atoms with Crippen molar-refractivity contribution in [2.24, 2.45) is 7.05 Å². The van der Waals surface area contributed by atoms with Crippen molar-refractivity contribution in [1.82, 2.24) is 9.88 Å². The number of hydrogen-bond donors (Lipinski definition) is 1. The van der Waals surface area contributed by atoms with Crippen LogP contribution >= 0.6 is 0 Å². The summed E-state index contributed by atoms with van der Waals surface area (Å²) in [5, 5.41) is 2.69. The third-order valence-corrected chi connectivity index (χ3v) is 5.25. The van der Waals surface area contributed by atoms with Crippen molar-refractivity contribution in [2.75, 3.05) is 0 Å². The molecule has 5 nitrogen and oxygen atoms in total. The van der Waals surface area contributed by atoms with Crippen LogP contribution in [0.4, 0.5) is 4.39 Å². The van der Waals surface area contributed by atoms with Gasteiger partial charge in [0.15, 0.2) is 0 Å². The molecule has 0 radical (unpaired) electrons. The van der Waals surface area contributed by atoms with Gasteiger partial charge < -0.3 is 14.6 Å². The molecule has 3 rings (SSSR count). The van der Waals surface area contributed by atoms with Crippen LogP contribution in [0.5, 0.6) is 11.5 Å². The highest BCUT2D eigenvalue weighted by atomic mass is 19.1. The summed E-state index contributed by atoms with van der Waals surface area (Å²) in [6, 6.07) is 10.1. The van der Waals surface area contributed by atoms with Crippen LogP contribution in [-0.2, 0) is 24.8 Å². The molecule has 0 saturated heterocycles. The summed E-state index contributed by atoms with van der Waals surface area (Å²) in [5.74, 6) is 2.26. The lowest BCUT2D eigenvalue weighted by atomic mass is 9.97. The molecule has 164 valence electrons. The van der Waals surface area contributed by atoms with Crippen LogP contribution in [0.1, 0.15) is 29.2 Å². The number of amides is 1. The summed E-state index contributed by atoms with van der Waals surface area (Å²) in [6.07, 6.45) is 7.49. The number of ether oxygens (including phenoxy) is 1. The SMILES string of the molecule is C#CC(=O)NCc1cccc(Oc2c(C)cc(F)cc2C)c1-c1cc(CC)c(=O)n(C)c1. The van der Waals surface area contributed by atoms with E-state index in [0.29, 0.717) is 34.6 Å². The Morgan fingerprint density at radius 1 is 1.19 bits per heavy atom. The first-order valence-corrected chi connectivity index (χ1v) is 10.3. The van der Waals surface area contributed by atoms with Crippen molar-refractivity contribution in [2.45, 2.75) is 33.7 Å². The van der Waals surface area contributed by atoms with Crippen molar-refractivity contribution >= 4 is 5.91 Å². The average molecular weight is 432 g/mol. The van der Waals surface area contributed by atoms with Gasteiger partial charge >= 0.3 is 0 Å². The molecule has 1 heterocycles. The largest absolute Gasteiger partial charge is 0.456 e. The Morgan fingerprint density at radius 3 is 2.50 bits per heavy atom. The van der Waals surface area contributed by atoms with Crippen molar-refractivity contribution < 1.29 is 13.9 Å². The second-order valence-electron chi connectivity index (χ2n) is 7.61. The minimum Gasteiger partial charge on any atom is -0.456 e. The Balaban J connectivity index is 2.21. The van der Waals surface area contributed by atoms with E-state index >= 15 is 0 Å². The highest BCUT2D eigenvalue weighted by Gasteiger charge is 2.17. The lowest BCUT2D eigenvalue weighted by Gasteiger charge is -2.19. The van der Waals surface area contributed by atoms with Crippen molar-refractivity contribution in [3.8, 4) is 35.0 Å². The first kappa shape index (κ1) is 22.8. The number of halogens is 1.